The van der Waals surface area contributed by atoms with Crippen LogP contribution in [0.3, 0.4) is 0 Å². The second-order valence-corrected chi connectivity index (χ2v) is 13.5. The predicted molar refractivity (Wildman–Crippen MR) is 216 cm³/mol. The van der Waals surface area contributed by atoms with Gasteiger partial charge in [-0.3, -0.25) is 4.85 Å². The van der Waals surface area contributed by atoms with Gasteiger partial charge in [-0.15, -0.1) is 35.7 Å². The molecule has 5 heteroatoms. The summed E-state index contributed by atoms with van der Waals surface area (Å²) in [6.45, 7) is 7.95. The number of aromatic nitrogens is 2. The molecule has 0 aliphatic heterocycles. The molecule has 9 rings (SSSR count). The smallest absolute Gasteiger partial charge is 0.120 e. The van der Waals surface area contributed by atoms with Gasteiger partial charge < -0.3 is 14.4 Å². The Bertz CT molecular complexity index is 3240. The van der Waals surface area contributed by atoms with E-state index in [-0.39, 0.29) is 60.0 Å². The fourth-order valence-electron chi connectivity index (χ4n) is 6.57. The van der Waals surface area contributed by atoms with Crippen molar-refractivity contribution in [1.82, 2.24) is 9.97 Å². The Morgan fingerprint density at radius 3 is 2.34 bits per heavy atom. The summed E-state index contributed by atoms with van der Waals surface area (Å²) >= 11 is 0. The van der Waals surface area contributed by atoms with E-state index in [4.69, 9.17) is 24.7 Å². The number of furan rings is 1. The first-order valence-electron chi connectivity index (χ1n) is 21.7. The summed E-state index contributed by atoms with van der Waals surface area (Å²) in [5.74, 6) is 0. The molecular weight excluding hydrogens is 827 g/mol. The van der Waals surface area contributed by atoms with E-state index >= 15 is 0 Å². The molecule has 0 spiro atoms. The number of nitrogens with zero attached hydrogens (tertiary/aromatic N) is 3. The number of benzene rings is 6. The van der Waals surface area contributed by atoms with Gasteiger partial charge >= 0.3 is 0 Å². The molecule has 0 aliphatic carbocycles. The number of hydrogen-bond acceptors (Lipinski definition) is 3. The molecule has 4 nitrogen and oxygen atoms in total. The van der Waals surface area contributed by atoms with E-state index in [0.717, 1.165) is 37.7 Å². The van der Waals surface area contributed by atoms with Crippen molar-refractivity contribution in [3.63, 3.8) is 0 Å². The molecule has 261 valence electrons. The van der Waals surface area contributed by atoms with E-state index < -0.39 is 25.5 Å². The maximum atomic E-state index is 8.74. The zero-order valence-electron chi connectivity index (χ0n) is 39.0. The molecule has 1 radical (unpaired) electrons. The molecule has 6 aromatic carbocycles. The molecule has 0 unspecified atom stereocenters. The Kier molecular flexibility index (Phi) is 6.88. The summed E-state index contributed by atoms with van der Waals surface area (Å²) in [7, 11) is 0. The number of rotatable bonds is 3. The number of pyridine rings is 2. The minimum atomic E-state index is -2.55. The maximum absolute atomic E-state index is 8.74. The number of hydrogen-bond donors (Lipinski definition) is 0. The van der Waals surface area contributed by atoms with Gasteiger partial charge in [0.15, 0.2) is 0 Å². The summed E-state index contributed by atoms with van der Waals surface area (Å²) < 4.78 is 87.9. The van der Waals surface area contributed by atoms with E-state index in [2.05, 4.69) is 26.9 Å². The first-order chi connectivity index (χ1) is 29.2. The van der Waals surface area contributed by atoms with E-state index in [1.54, 1.807) is 51.1 Å². The van der Waals surface area contributed by atoms with Crippen molar-refractivity contribution in [1.29, 1.82) is 0 Å². The minimum Gasteiger partial charge on any atom is -0.501 e. The fraction of sp³-hybridized carbons (Fsp3) is 0.146. The average molecular weight is 874 g/mol. The van der Waals surface area contributed by atoms with Crippen LogP contribution in [-0.4, -0.2) is 9.97 Å². The standard InChI is InChI=1S/C29H26NO.C19H11N2.Ir/c1-19-18-30-26(16-25(19)21-14-12-20(13-15-21)17-29(2,3)4)24-10-7-9-23-22-8-5-6-11-27(22)31-28(23)24;1-12-10-16-13-6-3-4-7-14(13)18-15(19(16)21-11-12)8-5-9-17(18)20-2;/h5-9,11-16,18H,17H2,1-4H3;3-7,9-11H,1H3;/q2*-1;/i1D3,14D,15D,17D2;1D3;. The molecule has 0 amide bonds. The third kappa shape index (κ3) is 6.85. The Labute approximate surface area is 337 Å². The van der Waals surface area contributed by atoms with Gasteiger partial charge in [0.05, 0.1) is 14.9 Å². The first kappa shape index (κ1) is 25.3. The fourth-order valence-corrected chi connectivity index (χ4v) is 6.57. The van der Waals surface area contributed by atoms with E-state index in [9.17, 15) is 0 Å². The molecule has 53 heavy (non-hydrogen) atoms. The van der Waals surface area contributed by atoms with Crippen LogP contribution < -0.4 is 0 Å². The van der Waals surface area contributed by atoms with Gasteiger partial charge in [-0.2, -0.15) is 6.07 Å². The monoisotopic (exact) mass is 874 g/mol. The van der Waals surface area contributed by atoms with Crippen LogP contribution in [0.1, 0.15) is 51.2 Å². The molecule has 0 fully saturated rings. The SMILES string of the molecule is [2H]C([2H])([2H])c1cnc2c3[c-]ccc([N+]#[C-])c3c3ccccc3c2c1.[2H]c1cc(C([2H])([2H])C(C)(C)C)cc([2H])c1-c1cc(-c2[c-]ccc3c2oc2ccccc23)ncc1C([2H])([2H])[2H].[Ir]. The number of aryl methyl sites for hydroxylation is 2. The van der Waals surface area contributed by atoms with Gasteiger partial charge in [0.1, 0.15) is 11.3 Å². The van der Waals surface area contributed by atoms with E-state index in [1.165, 1.54) is 24.5 Å². The average Bonchev–Trinajstić information content (AvgIpc) is 3.61. The van der Waals surface area contributed by atoms with Crippen LogP contribution in [0.2, 0.25) is 0 Å². The summed E-state index contributed by atoms with van der Waals surface area (Å²) in [6.07, 6.45) is 0.843. The van der Waals surface area contributed by atoms with Crippen LogP contribution in [0.5, 0.6) is 0 Å². The molecule has 9 aromatic rings. The van der Waals surface area contributed by atoms with Crippen molar-refractivity contribution < 1.29 is 38.2 Å². The van der Waals surface area contributed by atoms with Gasteiger partial charge in [-0.05, 0) is 81.4 Å². The quantitative estimate of drug-likeness (QED) is 0.131. The zero-order valence-corrected chi connectivity index (χ0v) is 31.4. The van der Waals surface area contributed by atoms with Crippen molar-refractivity contribution >= 4 is 60.1 Å². The summed E-state index contributed by atoms with van der Waals surface area (Å²) in [5, 5.41) is 5.93. The molecule has 3 aromatic heterocycles. The molecular formula is C48H37IrN3O-2. The third-order valence-corrected chi connectivity index (χ3v) is 8.74. The second kappa shape index (κ2) is 14.4. The molecule has 0 N–H and O–H groups in total. The van der Waals surface area contributed by atoms with Gasteiger partial charge in [0, 0.05) is 48.9 Å². The van der Waals surface area contributed by atoms with Gasteiger partial charge in [-0.25, -0.2) is 0 Å². The first-order valence-corrected chi connectivity index (χ1v) is 16.7. The molecule has 0 aliphatic rings. The molecule has 3 heterocycles. The van der Waals surface area contributed by atoms with E-state index in [0.29, 0.717) is 33.6 Å². The molecule has 0 saturated carbocycles. The van der Waals surface area contributed by atoms with Crippen molar-refractivity contribution in [2.45, 2.75) is 40.8 Å². The number of fused-ring (bicyclic) bond motifs is 9. The summed E-state index contributed by atoms with van der Waals surface area (Å²) in [4.78, 5) is 12.5. The van der Waals surface area contributed by atoms with Crippen molar-refractivity contribution in [3.05, 3.63) is 162 Å². The Morgan fingerprint density at radius 2 is 1.58 bits per heavy atom. The largest absolute Gasteiger partial charge is 0.501 e. The van der Waals surface area contributed by atoms with Gasteiger partial charge in [-0.1, -0.05) is 121 Å². The Balaban J connectivity index is 0.000000205. The minimum absolute atomic E-state index is 0. The van der Waals surface area contributed by atoms with Crippen LogP contribution in [0.15, 0.2) is 126 Å². The zero-order chi connectivity index (χ0) is 44.5. The molecule has 0 bridgehead atoms. The van der Waals surface area contributed by atoms with Crippen LogP contribution in [0.25, 0.3) is 81.6 Å². The maximum Gasteiger partial charge on any atom is 0.120 e. The van der Waals surface area contributed by atoms with Gasteiger partial charge in [0.2, 0.25) is 0 Å². The molecule has 0 atom stereocenters. The van der Waals surface area contributed by atoms with E-state index in [1.807, 2.05) is 54.6 Å². The summed E-state index contributed by atoms with van der Waals surface area (Å²) in [5.41, 5.74) is 3.23. The van der Waals surface area contributed by atoms with Crippen molar-refractivity contribution in [2.75, 3.05) is 0 Å². The van der Waals surface area contributed by atoms with Crippen LogP contribution in [-0.2, 0) is 26.5 Å². The normalized spacial score (nSPS) is 14.9. The second-order valence-electron chi connectivity index (χ2n) is 13.5. The predicted octanol–water partition coefficient (Wildman–Crippen LogP) is 13.2. The van der Waals surface area contributed by atoms with Crippen molar-refractivity contribution in [2.24, 2.45) is 5.41 Å². The Morgan fingerprint density at radius 1 is 0.830 bits per heavy atom. The van der Waals surface area contributed by atoms with Crippen molar-refractivity contribution in [3.8, 4) is 22.4 Å². The molecule has 0 saturated heterocycles. The van der Waals surface area contributed by atoms with Crippen LogP contribution in [0.4, 0.5) is 5.69 Å². The summed E-state index contributed by atoms with van der Waals surface area (Å²) in [6, 6.07) is 34.5. The van der Waals surface area contributed by atoms with Crippen LogP contribution >= 0.6 is 0 Å². The van der Waals surface area contributed by atoms with Crippen LogP contribution in [0, 0.1) is 37.8 Å². The topological polar surface area (TPSA) is 43.3 Å². The third-order valence-electron chi connectivity index (χ3n) is 8.74. The van der Waals surface area contributed by atoms with Gasteiger partial charge in [0.25, 0.3) is 0 Å². The Hall–Kier alpha value is -5.66. The number of para-hydroxylation sites is 1.